The lowest BCUT2D eigenvalue weighted by molar-refractivity contribution is 0.301. The Morgan fingerprint density at radius 1 is 1.00 bits per heavy atom. The van der Waals surface area contributed by atoms with Gasteiger partial charge in [0.05, 0.1) is 18.3 Å². The number of ether oxygens (including phenoxy) is 2. The summed E-state index contributed by atoms with van der Waals surface area (Å²) in [6.07, 6.45) is 3.23. The van der Waals surface area contributed by atoms with Crippen LogP contribution in [0.2, 0.25) is 0 Å². The number of anilines is 2. The highest BCUT2D eigenvalue weighted by molar-refractivity contribution is 5.92. The Labute approximate surface area is 168 Å². The molecular weight excluding hydrogens is 368 g/mol. The Balaban J connectivity index is 1.50. The molecule has 7 nitrogen and oxygen atoms in total. The number of benzene rings is 2. The van der Waals surface area contributed by atoms with E-state index < -0.39 is 0 Å². The van der Waals surface area contributed by atoms with Crippen molar-refractivity contribution in [2.75, 3.05) is 12.4 Å². The SMILES string of the molecule is COc1cc2c(Nc3ccc(OCc4cc(C)ccn4)cc3)ncnc2cc1O. The fourth-order valence-electron chi connectivity index (χ4n) is 2.94. The van der Waals surface area contributed by atoms with E-state index in [-0.39, 0.29) is 5.75 Å². The average Bonchev–Trinajstić information content (AvgIpc) is 2.73. The van der Waals surface area contributed by atoms with E-state index in [1.807, 2.05) is 43.3 Å². The van der Waals surface area contributed by atoms with Crippen molar-refractivity contribution in [3.05, 3.63) is 72.3 Å². The molecule has 4 aromatic rings. The standard InChI is InChI=1S/C22H20N4O3/c1-14-7-8-23-16(9-14)12-29-17-5-3-15(4-6-17)26-22-18-10-21(28-2)20(27)11-19(18)24-13-25-22/h3-11,13,27H,12H2,1-2H3,(H,24,25,26). The molecule has 7 heteroatoms. The van der Waals surface area contributed by atoms with E-state index in [2.05, 4.69) is 20.3 Å². The third-order valence-corrected chi connectivity index (χ3v) is 4.41. The maximum Gasteiger partial charge on any atom is 0.161 e. The summed E-state index contributed by atoms with van der Waals surface area (Å²) in [5.74, 6) is 1.77. The fraction of sp³-hybridized carbons (Fsp3) is 0.136. The number of pyridine rings is 1. The number of rotatable bonds is 6. The molecule has 0 aliphatic heterocycles. The Hall–Kier alpha value is -3.87. The largest absolute Gasteiger partial charge is 0.504 e. The second-order valence-electron chi connectivity index (χ2n) is 6.53. The van der Waals surface area contributed by atoms with Crippen LogP contribution in [0.1, 0.15) is 11.3 Å². The molecule has 2 N–H and O–H groups in total. The van der Waals surface area contributed by atoms with E-state index in [9.17, 15) is 5.11 Å². The molecule has 0 radical (unpaired) electrons. The number of nitrogens with zero attached hydrogens (tertiary/aromatic N) is 3. The third kappa shape index (κ3) is 4.19. The molecule has 2 aromatic carbocycles. The van der Waals surface area contributed by atoms with Gasteiger partial charge in [-0.3, -0.25) is 4.98 Å². The molecule has 2 aromatic heterocycles. The molecule has 146 valence electrons. The van der Waals surface area contributed by atoms with Crippen LogP contribution in [0.25, 0.3) is 10.9 Å². The van der Waals surface area contributed by atoms with Crippen LogP contribution in [0.4, 0.5) is 11.5 Å². The van der Waals surface area contributed by atoms with Crippen LogP contribution in [-0.4, -0.2) is 27.2 Å². The van der Waals surface area contributed by atoms with Gasteiger partial charge in [-0.1, -0.05) is 0 Å². The van der Waals surface area contributed by atoms with Crippen LogP contribution in [0, 0.1) is 6.92 Å². The zero-order chi connectivity index (χ0) is 20.2. The van der Waals surface area contributed by atoms with Gasteiger partial charge >= 0.3 is 0 Å². The number of fused-ring (bicyclic) bond motifs is 1. The van der Waals surface area contributed by atoms with Crippen LogP contribution in [-0.2, 0) is 6.61 Å². The molecule has 0 saturated carbocycles. The lowest BCUT2D eigenvalue weighted by Crippen LogP contribution is -1.99. The number of hydrogen-bond acceptors (Lipinski definition) is 7. The summed E-state index contributed by atoms with van der Waals surface area (Å²) in [5.41, 5.74) is 3.50. The molecule has 0 unspecified atom stereocenters. The molecule has 4 rings (SSSR count). The van der Waals surface area contributed by atoms with Crippen molar-refractivity contribution in [2.24, 2.45) is 0 Å². The smallest absolute Gasteiger partial charge is 0.161 e. The summed E-state index contributed by atoms with van der Waals surface area (Å²) in [7, 11) is 1.50. The predicted octanol–water partition coefficient (Wildman–Crippen LogP) is 4.37. The monoisotopic (exact) mass is 388 g/mol. The second-order valence-corrected chi connectivity index (χ2v) is 6.53. The number of aryl methyl sites for hydroxylation is 1. The third-order valence-electron chi connectivity index (χ3n) is 4.41. The molecule has 0 atom stereocenters. The zero-order valence-electron chi connectivity index (χ0n) is 16.1. The van der Waals surface area contributed by atoms with Crippen molar-refractivity contribution in [1.82, 2.24) is 15.0 Å². The minimum atomic E-state index is 0.0363. The first-order valence-corrected chi connectivity index (χ1v) is 9.05. The Morgan fingerprint density at radius 3 is 2.59 bits per heavy atom. The molecule has 0 fully saturated rings. The van der Waals surface area contributed by atoms with E-state index in [1.165, 1.54) is 13.4 Å². The van der Waals surface area contributed by atoms with Gasteiger partial charge in [-0.15, -0.1) is 0 Å². The van der Waals surface area contributed by atoms with Gasteiger partial charge in [0.15, 0.2) is 11.5 Å². The topological polar surface area (TPSA) is 89.4 Å². The van der Waals surface area contributed by atoms with Crippen LogP contribution < -0.4 is 14.8 Å². The first kappa shape index (κ1) is 18.5. The molecular formula is C22H20N4O3. The van der Waals surface area contributed by atoms with Gasteiger partial charge in [0.1, 0.15) is 24.5 Å². The Bertz CT molecular complexity index is 1150. The Morgan fingerprint density at radius 2 is 1.83 bits per heavy atom. The zero-order valence-corrected chi connectivity index (χ0v) is 16.1. The summed E-state index contributed by atoms with van der Waals surface area (Å²) in [5, 5.41) is 14.0. The summed E-state index contributed by atoms with van der Waals surface area (Å²) < 4.78 is 11.0. The van der Waals surface area contributed by atoms with Crippen molar-refractivity contribution in [1.29, 1.82) is 0 Å². The van der Waals surface area contributed by atoms with Crippen molar-refractivity contribution < 1.29 is 14.6 Å². The van der Waals surface area contributed by atoms with Gasteiger partial charge in [0.25, 0.3) is 0 Å². The van der Waals surface area contributed by atoms with Gasteiger partial charge in [0.2, 0.25) is 0 Å². The van der Waals surface area contributed by atoms with E-state index >= 15 is 0 Å². The van der Waals surface area contributed by atoms with Crippen molar-refractivity contribution in [3.8, 4) is 17.2 Å². The second kappa shape index (κ2) is 8.02. The summed E-state index contributed by atoms with van der Waals surface area (Å²) in [4.78, 5) is 12.8. The van der Waals surface area contributed by atoms with E-state index in [0.717, 1.165) is 28.1 Å². The highest BCUT2D eigenvalue weighted by Crippen LogP contribution is 2.33. The highest BCUT2D eigenvalue weighted by atomic mass is 16.5. The molecule has 0 amide bonds. The predicted molar refractivity (Wildman–Crippen MR) is 111 cm³/mol. The normalized spacial score (nSPS) is 10.7. The molecule has 0 aliphatic rings. The number of aromatic hydroxyl groups is 1. The number of methoxy groups -OCH3 is 1. The van der Waals surface area contributed by atoms with E-state index in [4.69, 9.17) is 9.47 Å². The van der Waals surface area contributed by atoms with Crippen LogP contribution in [0.3, 0.4) is 0 Å². The molecule has 0 saturated heterocycles. The number of nitrogens with one attached hydrogen (secondary N) is 1. The quantitative estimate of drug-likeness (QED) is 0.507. The minimum absolute atomic E-state index is 0.0363. The van der Waals surface area contributed by atoms with Gasteiger partial charge in [0, 0.05) is 23.3 Å². The number of aromatic nitrogens is 3. The number of phenolic OH excluding ortho intramolecular Hbond substituents is 1. The maximum absolute atomic E-state index is 9.94. The van der Waals surface area contributed by atoms with Gasteiger partial charge in [-0.2, -0.15) is 0 Å². The van der Waals surface area contributed by atoms with Crippen LogP contribution in [0.5, 0.6) is 17.2 Å². The molecule has 29 heavy (non-hydrogen) atoms. The Kier molecular flexibility index (Phi) is 5.11. The first-order valence-electron chi connectivity index (χ1n) is 9.05. The minimum Gasteiger partial charge on any atom is -0.504 e. The first-order chi connectivity index (χ1) is 14.1. The molecule has 0 spiro atoms. The van der Waals surface area contributed by atoms with E-state index in [0.29, 0.717) is 23.7 Å². The average molecular weight is 388 g/mol. The van der Waals surface area contributed by atoms with Crippen LogP contribution >= 0.6 is 0 Å². The maximum atomic E-state index is 9.94. The van der Waals surface area contributed by atoms with Crippen molar-refractivity contribution in [3.63, 3.8) is 0 Å². The number of phenols is 1. The fourth-order valence-corrected chi connectivity index (χ4v) is 2.94. The summed E-state index contributed by atoms with van der Waals surface area (Å²) >= 11 is 0. The van der Waals surface area contributed by atoms with Crippen molar-refractivity contribution in [2.45, 2.75) is 13.5 Å². The van der Waals surface area contributed by atoms with Gasteiger partial charge in [-0.25, -0.2) is 9.97 Å². The summed E-state index contributed by atoms with van der Waals surface area (Å²) in [6.45, 7) is 2.44. The van der Waals surface area contributed by atoms with Crippen LogP contribution in [0.15, 0.2) is 61.1 Å². The highest BCUT2D eigenvalue weighted by Gasteiger charge is 2.10. The lowest BCUT2D eigenvalue weighted by atomic mass is 10.2. The summed E-state index contributed by atoms with van der Waals surface area (Å²) in [6, 6.07) is 14.8. The van der Waals surface area contributed by atoms with E-state index in [1.54, 1.807) is 18.3 Å². The number of hydrogen-bond donors (Lipinski definition) is 2. The van der Waals surface area contributed by atoms with Gasteiger partial charge < -0.3 is 19.9 Å². The van der Waals surface area contributed by atoms with Gasteiger partial charge in [-0.05, 0) is 55.0 Å². The molecule has 0 bridgehead atoms. The molecule has 0 aliphatic carbocycles. The van der Waals surface area contributed by atoms with Crippen molar-refractivity contribution >= 4 is 22.4 Å². The molecule has 2 heterocycles. The lowest BCUT2D eigenvalue weighted by Gasteiger charge is -2.11.